The van der Waals surface area contributed by atoms with Crippen LogP contribution in [0, 0.1) is 11.3 Å². The third kappa shape index (κ3) is 2.06. The molecule has 19 heavy (non-hydrogen) atoms. The lowest BCUT2D eigenvalue weighted by Gasteiger charge is -2.27. The highest BCUT2D eigenvalue weighted by atomic mass is 15.1. The van der Waals surface area contributed by atoms with Crippen molar-refractivity contribution in [1.82, 2.24) is 4.98 Å². The van der Waals surface area contributed by atoms with Crippen molar-refractivity contribution in [2.45, 2.75) is 18.9 Å². The minimum atomic E-state index is 0.408. The fraction of sp³-hybridized carbons (Fsp3) is 0.250. The van der Waals surface area contributed by atoms with E-state index < -0.39 is 0 Å². The van der Waals surface area contributed by atoms with E-state index in [2.05, 4.69) is 41.2 Å². The Morgan fingerprint density at radius 1 is 1.26 bits per heavy atom. The Morgan fingerprint density at radius 3 is 2.84 bits per heavy atom. The number of aromatic nitrogens is 1. The summed E-state index contributed by atoms with van der Waals surface area (Å²) in [5, 5.41) is 8.78. The molecule has 3 nitrogen and oxygen atoms in total. The number of aryl methyl sites for hydroxylation is 1. The summed E-state index contributed by atoms with van der Waals surface area (Å²) in [5.41, 5.74) is 4.37. The van der Waals surface area contributed by atoms with Gasteiger partial charge in [-0.25, -0.2) is 4.98 Å². The Bertz CT molecular complexity index is 625. The van der Waals surface area contributed by atoms with Crippen molar-refractivity contribution in [1.29, 1.82) is 5.26 Å². The minimum Gasteiger partial charge on any atom is -0.366 e. The summed E-state index contributed by atoms with van der Waals surface area (Å²) in [6.07, 6.45) is 4.05. The number of hydrogen-bond donors (Lipinski definition) is 0. The van der Waals surface area contributed by atoms with Crippen LogP contribution in [0.15, 0.2) is 42.6 Å². The van der Waals surface area contributed by atoms with Crippen LogP contribution in [0.25, 0.3) is 0 Å². The van der Waals surface area contributed by atoms with E-state index in [1.165, 1.54) is 11.1 Å². The molecule has 0 spiro atoms. The topological polar surface area (TPSA) is 39.9 Å². The van der Waals surface area contributed by atoms with Gasteiger partial charge in [-0.15, -0.1) is 0 Å². The van der Waals surface area contributed by atoms with Gasteiger partial charge < -0.3 is 4.90 Å². The molecule has 0 radical (unpaired) electrons. The molecular formula is C16H15N3. The molecule has 0 saturated heterocycles. The van der Waals surface area contributed by atoms with E-state index in [0.717, 1.165) is 18.5 Å². The number of rotatable bonds is 2. The fourth-order valence-electron chi connectivity index (χ4n) is 2.78. The zero-order valence-corrected chi connectivity index (χ0v) is 10.9. The van der Waals surface area contributed by atoms with Gasteiger partial charge in [0.1, 0.15) is 11.8 Å². The van der Waals surface area contributed by atoms with E-state index in [-0.39, 0.29) is 0 Å². The van der Waals surface area contributed by atoms with Crippen molar-refractivity contribution >= 4 is 5.69 Å². The summed E-state index contributed by atoms with van der Waals surface area (Å²) in [6.45, 7) is 0. The third-order valence-corrected chi connectivity index (χ3v) is 3.84. The molecule has 0 aliphatic heterocycles. The van der Waals surface area contributed by atoms with Crippen LogP contribution in [0.5, 0.6) is 0 Å². The predicted molar refractivity (Wildman–Crippen MR) is 74.9 cm³/mol. The lowest BCUT2D eigenvalue weighted by molar-refractivity contribution is 0.661. The molecule has 1 heterocycles. The molecule has 0 N–H and O–H groups in total. The van der Waals surface area contributed by atoms with Crippen LogP contribution < -0.4 is 4.90 Å². The Labute approximate surface area is 113 Å². The second kappa shape index (κ2) is 4.74. The summed E-state index contributed by atoms with van der Waals surface area (Å²) >= 11 is 0. The van der Waals surface area contributed by atoms with Crippen LogP contribution in [0.2, 0.25) is 0 Å². The number of hydrogen-bond acceptors (Lipinski definition) is 3. The molecule has 0 saturated carbocycles. The van der Waals surface area contributed by atoms with Crippen molar-refractivity contribution < 1.29 is 0 Å². The maximum absolute atomic E-state index is 8.78. The molecule has 1 aliphatic carbocycles. The molecule has 0 bridgehead atoms. The average Bonchev–Trinajstić information content (AvgIpc) is 2.90. The smallest absolute Gasteiger partial charge is 0.140 e. The number of nitriles is 1. The van der Waals surface area contributed by atoms with Crippen LogP contribution in [-0.4, -0.2) is 12.0 Å². The van der Waals surface area contributed by atoms with Crippen molar-refractivity contribution in [3.8, 4) is 6.07 Å². The first kappa shape index (κ1) is 11.7. The van der Waals surface area contributed by atoms with Crippen molar-refractivity contribution in [3.05, 3.63) is 59.4 Å². The summed E-state index contributed by atoms with van der Waals surface area (Å²) in [5.74, 6) is 0. The molecule has 1 aliphatic rings. The molecule has 94 valence electrons. The van der Waals surface area contributed by atoms with E-state index in [0.29, 0.717) is 11.7 Å². The molecule has 1 unspecified atom stereocenters. The van der Waals surface area contributed by atoms with Gasteiger partial charge in [0.05, 0.1) is 17.9 Å². The first-order valence-electron chi connectivity index (χ1n) is 6.46. The van der Waals surface area contributed by atoms with Gasteiger partial charge in [-0.05, 0) is 36.1 Å². The van der Waals surface area contributed by atoms with Gasteiger partial charge in [-0.3, -0.25) is 0 Å². The summed E-state index contributed by atoms with van der Waals surface area (Å²) in [7, 11) is 2.09. The SMILES string of the molecule is CN(c1ccc(C#N)nc1)C1CCc2ccccc21. The van der Waals surface area contributed by atoms with E-state index >= 15 is 0 Å². The summed E-state index contributed by atoms with van der Waals surface area (Å²) in [4.78, 5) is 6.39. The van der Waals surface area contributed by atoms with Crippen LogP contribution in [0.1, 0.15) is 29.3 Å². The van der Waals surface area contributed by atoms with Crippen LogP contribution >= 0.6 is 0 Å². The Hall–Kier alpha value is -2.34. The highest BCUT2D eigenvalue weighted by Crippen LogP contribution is 2.36. The van der Waals surface area contributed by atoms with Crippen LogP contribution in [0.3, 0.4) is 0 Å². The van der Waals surface area contributed by atoms with Gasteiger partial charge >= 0.3 is 0 Å². The second-order valence-corrected chi connectivity index (χ2v) is 4.88. The minimum absolute atomic E-state index is 0.408. The van der Waals surface area contributed by atoms with Crippen molar-refractivity contribution in [2.24, 2.45) is 0 Å². The Morgan fingerprint density at radius 2 is 2.11 bits per heavy atom. The zero-order chi connectivity index (χ0) is 13.2. The Kier molecular flexibility index (Phi) is 2.92. The van der Waals surface area contributed by atoms with E-state index in [4.69, 9.17) is 5.26 Å². The van der Waals surface area contributed by atoms with E-state index in [1.54, 1.807) is 12.3 Å². The zero-order valence-electron chi connectivity index (χ0n) is 10.9. The van der Waals surface area contributed by atoms with Crippen LogP contribution in [-0.2, 0) is 6.42 Å². The maximum Gasteiger partial charge on any atom is 0.140 e. The average molecular weight is 249 g/mol. The Balaban J connectivity index is 1.89. The summed E-state index contributed by atoms with van der Waals surface area (Å²) in [6, 6.07) is 14.8. The first-order chi connectivity index (χ1) is 9.29. The normalized spacial score (nSPS) is 16.7. The lowest BCUT2D eigenvalue weighted by Crippen LogP contribution is -2.22. The quantitative estimate of drug-likeness (QED) is 0.821. The van der Waals surface area contributed by atoms with Gasteiger partial charge in [-0.2, -0.15) is 5.26 Å². The van der Waals surface area contributed by atoms with Crippen molar-refractivity contribution in [3.63, 3.8) is 0 Å². The molecule has 0 amide bonds. The fourth-order valence-corrected chi connectivity index (χ4v) is 2.78. The summed E-state index contributed by atoms with van der Waals surface area (Å²) < 4.78 is 0. The number of nitrogens with zero attached hydrogens (tertiary/aromatic N) is 3. The predicted octanol–water partition coefficient (Wildman–Crippen LogP) is 3.08. The van der Waals surface area contributed by atoms with Crippen molar-refractivity contribution in [2.75, 3.05) is 11.9 Å². The van der Waals surface area contributed by atoms with Gasteiger partial charge in [0.25, 0.3) is 0 Å². The standard InChI is InChI=1S/C16H15N3/c1-19(14-8-7-13(10-17)18-11-14)16-9-6-12-4-2-3-5-15(12)16/h2-5,7-8,11,16H,6,9H2,1H3. The van der Waals surface area contributed by atoms with E-state index in [1.807, 2.05) is 12.1 Å². The lowest BCUT2D eigenvalue weighted by atomic mass is 10.1. The number of anilines is 1. The van der Waals surface area contributed by atoms with Gasteiger partial charge in [0.15, 0.2) is 0 Å². The molecular weight excluding hydrogens is 234 g/mol. The first-order valence-corrected chi connectivity index (χ1v) is 6.46. The third-order valence-electron chi connectivity index (χ3n) is 3.84. The molecule has 3 heteroatoms. The maximum atomic E-state index is 8.78. The number of fused-ring (bicyclic) bond motifs is 1. The molecule has 1 atom stereocenters. The number of benzene rings is 1. The van der Waals surface area contributed by atoms with Gasteiger partial charge in [0.2, 0.25) is 0 Å². The highest BCUT2D eigenvalue weighted by Gasteiger charge is 2.25. The number of pyridine rings is 1. The van der Waals surface area contributed by atoms with Gasteiger partial charge in [0, 0.05) is 7.05 Å². The molecule has 0 fully saturated rings. The second-order valence-electron chi connectivity index (χ2n) is 4.88. The molecule has 3 rings (SSSR count). The molecule has 1 aromatic heterocycles. The van der Waals surface area contributed by atoms with Crippen LogP contribution in [0.4, 0.5) is 5.69 Å². The monoisotopic (exact) mass is 249 g/mol. The molecule has 2 aromatic rings. The largest absolute Gasteiger partial charge is 0.366 e. The van der Waals surface area contributed by atoms with E-state index in [9.17, 15) is 0 Å². The molecule has 1 aromatic carbocycles. The van der Waals surface area contributed by atoms with Gasteiger partial charge in [-0.1, -0.05) is 24.3 Å². The highest BCUT2D eigenvalue weighted by molar-refractivity contribution is 5.50.